The van der Waals surface area contributed by atoms with Crippen LogP contribution in [-0.4, -0.2) is 22.4 Å². The van der Waals surface area contributed by atoms with E-state index in [4.69, 9.17) is 0 Å². The lowest BCUT2D eigenvalue weighted by Crippen LogP contribution is -2.44. The maximum Gasteiger partial charge on any atom is 0.123 e. The first-order chi connectivity index (χ1) is 7.50. The quantitative estimate of drug-likeness (QED) is 0.718. The fraction of sp³-hybridized carbons (Fsp3) is 0.500. The predicted molar refractivity (Wildman–Crippen MR) is 60.7 cm³/mol. The molecule has 0 radical (unpaired) electrons. The van der Waals surface area contributed by atoms with Gasteiger partial charge in [-0.05, 0) is 31.5 Å². The van der Waals surface area contributed by atoms with E-state index in [1.807, 2.05) is 13.8 Å². The summed E-state index contributed by atoms with van der Waals surface area (Å²) in [5.74, 6) is -0.318. The third-order valence-corrected chi connectivity index (χ3v) is 2.88. The number of phenolic OH excluding ortho intramolecular Hbond substituents is 1. The number of rotatable bonds is 5. The molecule has 0 saturated heterocycles. The topological polar surface area (TPSA) is 52.5 Å². The first-order valence-electron chi connectivity index (χ1n) is 5.34. The Hall–Kier alpha value is -1.13. The van der Waals surface area contributed by atoms with Gasteiger partial charge in [0.25, 0.3) is 0 Å². The Morgan fingerprint density at radius 1 is 1.44 bits per heavy atom. The third-order valence-electron chi connectivity index (χ3n) is 2.88. The number of benzene rings is 1. The molecule has 0 aromatic heterocycles. The third kappa shape index (κ3) is 3.18. The van der Waals surface area contributed by atoms with Gasteiger partial charge in [-0.3, -0.25) is 0 Å². The summed E-state index contributed by atoms with van der Waals surface area (Å²) < 4.78 is 12.9. The zero-order valence-electron chi connectivity index (χ0n) is 9.63. The normalized spacial score (nSPS) is 14.8. The first-order valence-corrected chi connectivity index (χ1v) is 5.34. The summed E-state index contributed by atoms with van der Waals surface area (Å²) >= 11 is 0. The zero-order valence-corrected chi connectivity index (χ0v) is 9.63. The van der Waals surface area contributed by atoms with Crippen LogP contribution < -0.4 is 5.32 Å². The summed E-state index contributed by atoms with van der Waals surface area (Å²) in [5.41, 5.74) is 0.0896. The number of phenols is 1. The number of hydrogen-bond donors (Lipinski definition) is 3. The van der Waals surface area contributed by atoms with Crippen LogP contribution in [0.2, 0.25) is 0 Å². The number of aliphatic hydroxyl groups excluding tert-OH is 1. The van der Waals surface area contributed by atoms with Gasteiger partial charge < -0.3 is 15.5 Å². The maximum atomic E-state index is 12.9. The average Bonchev–Trinajstić information content (AvgIpc) is 2.30. The summed E-state index contributed by atoms with van der Waals surface area (Å²) in [7, 11) is 0. The van der Waals surface area contributed by atoms with Crippen molar-refractivity contribution < 1.29 is 14.6 Å². The number of aromatic hydroxyl groups is 1. The van der Waals surface area contributed by atoms with Crippen molar-refractivity contribution in [1.29, 1.82) is 0 Å². The van der Waals surface area contributed by atoms with Crippen molar-refractivity contribution in [3.8, 4) is 5.75 Å². The molecule has 0 aliphatic rings. The van der Waals surface area contributed by atoms with E-state index in [2.05, 4.69) is 5.32 Å². The Bertz CT molecular complexity index is 351. The fourth-order valence-electron chi connectivity index (χ4n) is 1.30. The highest BCUT2D eigenvalue weighted by molar-refractivity contribution is 5.32. The largest absolute Gasteiger partial charge is 0.508 e. The van der Waals surface area contributed by atoms with E-state index < -0.39 is 5.54 Å². The van der Waals surface area contributed by atoms with Crippen molar-refractivity contribution in [3.63, 3.8) is 0 Å². The van der Waals surface area contributed by atoms with Crippen LogP contribution in [0.1, 0.15) is 25.8 Å². The Morgan fingerprint density at radius 3 is 2.69 bits per heavy atom. The van der Waals surface area contributed by atoms with Crippen LogP contribution in [0.3, 0.4) is 0 Å². The van der Waals surface area contributed by atoms with Gasteiger partial charge in [-0.1, -0.05) is 6.92 Å². The minimum atomic E-state index is -0.404. The average molecular weight is 227 g/mol. The second-order valence-corrected chi connectivity index (χ2v) is 4.20. The second kappa shape index (κ2) is 5.27. The minimum Gasteiger partial charge on any atom is -0.508 e. The van der Waals surface area contributed by atoms with Crippen LogP contribution in [0.4, 0.5) is 4.39 Å². The molecule has 0 spiro atoms. The zero-order chi connectivity index (χ0) is 12.2. The smallest absolute Gasteiger partial charge is 0.123 e. The van der Waals surface area contributed by atoms with Crippen molar-refractivity contribution in [1.82, 2.24) is 5.32 Å². The molecule has 3 nitrogen and oxygen atoms in total. The molecule has 0 bridgehead atoms. The Labute approximate surface area is 94.9 Å². The Balaban J connectivity index is 2.70. The van der Waals surface area contributed by atoms with Gasteiger partial charge in [0.1, 0.15) is 11.6 Å². The van der Waals surface area contributed by atoms with Gasteiger partial charge >= 0.3 is 0 Å². The highest BCUT2D eigenvalue weighted by Gasteiger charge is 2.20. The van der Waals surface area contributed by atoms with E-state index in [1.165, 1.54) is 18.2 Å². The van der Waals surface area contributed by atoms with Crippen LogP contribution in [0, 0.1) is 5.82 Å². The summed E-state index contributed by atoms with van der Waals surface area (Å²) in [4.78, 5) is 0. The summed E-state index contributed by atoms with van der Waals surface area (Å²) in [6.07, 6.45) is 0.750. The van der Waals surface area contributed by atoms with Crippen LogP contribution in [0.15, 0.2) is 18.2 Å². The molecule has 1 unspecified atom stereocenters. The van der Waals surface area contributed by atoms with Crippen molar-refractivity contribution in [3.05, 3.63) is 29.6 Å². The second-order valence-electron chi connectivity index (χ2n) is 4.20. The van der Waals surface area contributed by atoms with Crippen molar-refractivity contribution in [2.45, 2.75) is 32.4 Å². The molecular weight excluding hydrogens is 209 g/mol. The van der Waals surface area contributed by atoms with E-state index in [0.717, 1.165) is 6.42 Å². The van der Waals surface area contributed by atoms with Crippen LogP contribution in [0.25, 0.3) is 0 Å². The van der Waals surface area contributed by atoms with E-state index >= 15 is 0 Å². The minimum absolute atomic E-state index is 0.000419. The molecule has 1 atom stereocenters. The highest BCUT2D eigenvalue weighted by atomic mass is 19.1. The lowest BCUT2D eigenvalue weighted by atomic mass is 10.00. The van der Waals surface area contributed by atoms with E-state index in [1.54, 1.807) is 0 Å². The SMILES string of the molecule is CCC(C)(CO)NCc1cc(F)ccc1O. The molecule has 3 N–H and O–H groups in total. The number of nitrogens with one attached hydrogen (secondary N) is 1. The number of halogens is 1. The van der Waals surface area contributed by atoms with Crippen LogP contribution >= 0.6 is 0 Å². The maximum absolute atomic E-state index is 12.9. The van der Waals surface area contributed by atoms with E-state index in [-0.39, 0.29) is 18.2 Å². The summed E-state index contributed by atoms with van der Waals surface area (Å²) in [6, 6.07) is 3.83. The van der Waals surface area contributed by atoms with Crippen LogP contribution in [-0.2, 0) is 6.54 Å². The Kier molecular flexibility index (Phi) is 4.26. The molecule has 0 amide bonds. The van der Waals surface area contributed by atoms with Gasteiger partial charge in [-0.15, -0.1) is 0 Å². The summed E-state index contributed by atoms with van der Waals surface area (Å²) in [6.45, 7) is 4.16. The monoisotopic (exact) mass is 227 g/mol. The first kappa shape index (κ1) is 12.9. The number of aliphatic hydroxyl groups is 1. The van der Waals surface area contributed by atoms with Crippen molar-refractivity contribution >= 4 is 0 Å². The molecule has 4 heteroatoms. The molecule has 1 aromatic carbocycles. The predicted octanol–water partition coefficient (Wildman–Crippen LogP) is 1.78. The molecule has 0 heterocycles. The van der Waals surface area contributed by atoms with Crippen molar-refractivity contribution in [2.75, 3.05) is 6.61 Å². The van der Waals surface area contributed by atoms with Crippen LogP contribution in [0.5, 0.6) is 5.75 Å². The molecule has 1 aromatic rings. The van der Waals surface area contributed by atoms with E-state index in [0.29, 0.717) is 12.1 Å². The van der Waals surface area contributed by atoms with Crippen molar-refractivity contribution in [2.24, 2.45) is 0 Å². The van der Waals surface area contributed by atoms with E-state index in [9.17, 15) is 14.6 Å². The van der Waals surface area contributed by atoms with Gasteiger partial charge in [0, 0.05) is 17.6 Å². The van der Waals surface area contributed by atoms with Gasteiger partial charge in [0.05, 0.1) is 6.61 Å². The molecule has 0 fully saturated rings. The van der Waals surface area contributed by atoms with Gasteiger partial charge in [-0.2, -0.15) is 0 Å². The number of hydrogen-bond acceptors (Lipinski definition) is 3. The lowest BCUT2D eigenvalue weighted by Gasteiger charge is -2.27. The molecule has 0 saturated carbocycles. The fourth-order valence-corrected chi connectivity index (χ4v) is 1.30. The standard InChI is InChI=1S/C12H18FNO2/c1-3-12(2,8-15)14-7-9-6-10(13)4-5-11(9)16/h4-6,14-16H,3,7-8H2,1-2H3. The molecule has 16 heavy (non-hydrogen) atoms. The summed E-state index contributed by atoms with van der Waals surface area (Å²) in [5, 5.41) is 21.8. The molecule has 0 aliphatic heterocycles. The molecular formula is C12H18FNO2. The molecule has 90 valence electrons. The van der Waals surface area contributed by atoms with Gasteiger partial charge in [-0.25, -0.2) is 4.39 Å². The molecule has 0 aliphatic carbocycles. The van der Waals surface area contributed by atoms with Gasteiger partial charge in [0.15, 0.2) is 0 Å². The Morgan fingerprint density at radius 2 is 2.12 bits per heavy atom. The highest BCUT2D eigenvalue weighted by Crippen LogP contribution is 2.19. The lowest BCUT2D eigenvalue weighted by molar-refractivity contribution is 0.168. The molecule has 1 rings (SSSR count). The van der Waals surface area contributed by atoms with Gasteiger partial charge in [0.2, 0.25) is 0 Å².